The standard InChI is InChI=1S/C14H15ClN2O2/c1-9(7-11-3-2-6-19-11)17-14(18)10-4-5-12(15)13(16)8-10/h2-6,8-9H,7,16H2,1H3,(H,17,18). The molecule has 0 fully saturated rings. The van der Waals surface area contributed by atoms with Gasteiger partial charge in [-0.3, -0.25) is 4.79 Å². The van der Waals surface area contributed by atoms with Crippen molar-refractivity contribution < 1.29 is 9.21 Å². The summed E-state index contributed by atoms with van der Waals surface area (Å²) in [5, 5.41) is 3.33. The largest absolute Gasteiger partial charge is 0.469 e. The maximum absolute atomic E-state index is 12.0. The van der Waals surface area contributed by atoms with Crippen LogP contribution in [0.1, 0.15) is 23.0 Å². The van der Waals surface area contributed by atoms with E-state index in [1.54, 1.807) is 24.5 Å². The molecule has 5 heteroatoms. The quantitative estimate of drug-likeness (QED) is 0.845. The fourth-order valence-electron chi connectivity index (χ4n) is 1.77. The van der Waals surface area contributed by atoms with Crippen molar-refractivity contribution in [3.05, 3.63) is 52.9 Å². The van der Waals surface area contributed by atoms with Crippen LogP contribution in [0.2, 0.25) is 5.02 Å². The Bertz CT molecular complexity index is 567. The van der Waals surface area contributed by atoms with Crippen LogP contribution in [0.3, 0.4) is 0 Å². The van der Waals surface area contributed by atoms with E-state index in [2.05, 4.69) is 5.32 Å². The van der Waals surface area contributed by atoms with E-state index in [0.29, 0.717) is 22.7 Å². The van der Waals surface area contributed by atoms with E-state index >= 15 is 0 Å². The van der Waals surface area contributed by atoms with Crippen LogP contribution in [-0.2, 0) is 6.42 Å². The second-order valence-electron chi connectivity index (χ2n) is 4.39. The number of furan rings is 1. The lowest BCUT2D eigenvalue weighted by atomic mass is 10.1. The van der Waals surface area contributed by atoms with Gasteiger partial charge in [-0.1, -0.05) is 11.6 Å². The van der Waals surface area contributed by atoms with Crippen molar-refractivity contribution in [2.24, 2.45) is 0 Å². The summed E-state index contributed by atoms with van der Waals surface area (Å²) < 4.78 is 5.24. The topological polar surface area (TPSA) is 68.3 Å². The van der Waals surface area contributed by atoms with Gasteiger partial charge in [-0.25, -0.2) is 0 Å². The van der Waals surface area contributed by atoms with Crippen molar-refractivity contribution in [1.29, 1.82) is 0 Å². The van der Waals surface area contributed by atoms with Crippen LogP contribution in [0.4, 0.5) is 5.69 Å². The third-order valence-corrected chi connectivity index (χ3v) is 3.07. The zero-order valence-corrected chi connectivity index (χ0v) is 11.3. The highest BCUT2D eigenvalue weighted by atomic mass is 35.5. The van der Waals surface area contributed by atoms with Gasteiger partial charge in [-0.05, 0) is 37.3 Å². The maximum Gasteiger partial charge on any atom is 0.251 e. The minimum absolute atomic E-state index is 0.0319. The molecule has 4 nitrogen and oxygen atoms in total. The highest BCUT2D eigenvalue weighted by molar-refractivity contribution is 6.33. The Kier molecular flexibility index (Phi) is 4.12. The smallest absolute Gasteiger partial charge is 0.251 e. The average molecular weight is 279 g/mol. The Balaban J connectivity index is 1.98. The molecular formula is C14H15ClN2O2. The zero-order valence-electron chi connectivity index (χ0n) is 10.5. The summed E-state index contributed by atoms with van der Waals surface area (Å²) >= 11 is 5.82. The first kappa shape index (κ1) is 13.5. The molecule has 1 amide bonds. The molecule has 0 bridgehead atoms. The molecule has 1 aromatic heterocycles. The minimum Gasteiger partial charge on any atom is -0.469 e. The van der Waals surface area contributed by atoms with Crippen LogP contribution in [0.5, 0.6) is 0 Å². The SMILES string of the molecule is CC(Cc1ccco1)NC(=O)c1ccc(Cl)c(N)c1. The van der Waals surface area contributed by atoms with Crippen LogP contribution < -0.4 is 11.1 Å². The van der Waals surface area contributed by atoms with E-state index in [1.807, 2.05) is 19.1 Å². The molecule has 0 aliphatic heterocycles. The van der Waals surface area contributed by atoms with Crippen molar-refractivity contribution >= 4 is 23.2 Å². The first-order valence-electron chi connectivity index (χ1n) is 5.94. The number of nitrogens with two attached hydrogens (primary N) is 1. The van der Waals surface area contributed by atoms with Gasteiger partial charge < -0.3 is 15.5 Å². The van der Waals surface area contributed by atoms with Gasteiger partial charge >= 0.3 is 0 Å². The molecule has 2 rings (SSSR count). The number of amides is 1. The number of rotatable bonds is 4. The molecular weight excluding hydrogens is 264 g/mol. The Morgan fingerprint density at radius 2 is 2.26 bits per heavy atom. The fraction of sp³-hybridized carbons (Fsp3) is 0.214. The van der Waals surface area contributed by atoms with Gasteiger partial charge in [0.25, 0.3) is 5.91 Å². The Morgan fingerprint density at radius 1 is 1.47 bits per heavy atom. The van der Waals surface area contributed by atoms with Crippen LogP contribution in [0.25, 0.3) is 0 Å². The van der Waals surface area contributed by atoms with Crippen molar-refractivity contribution in [3.8, 4) is 0 Å². The van der Waals surface area contributed by atoms with Gasteiger partial charge in [0.05, 0.1) is 17.0 Å². The van der Waals surface area contributed by atoms with Crippen LogP contribution >= 0.6 is 11.6 Å². The number of halogens is 1. The number of carbonyl (C=O) groups excluding carboxylic acids is 1. The minimum atomic E-state index is -0.178. The highest BCUT2D eigenvalue weighted by Gasteiger charge is 2.12. The normalized spacial score (nSPS) is 12.1. The number of nitrogens with one attached hydrogen (secondary N) is 1. The highest BCUT2D eigenvalue weighted by Crippen LogP contribution is 2.19. The number of anilines is 1. The number of benzene rings is 1. The molecule has 0 aliphatic carbocycles. The molecule has 3 N–H and O–H groups in total. The summed E-state index contributed by atoms with van der Waals surface area (Å²) in [5.41, 5.74) is 6.56. The monoisotopic (exact) mass is 278 g/mol. The van der Waals surface area contributed by atoms with E-state index in [-0.39, 0.29) is 11.9 Å². The average Bonchev–Trinajstić information content (AvgIpc) is 2.85. The Labute approximate surface area is 116 Å². The lowest BCUT2D eigenvalue weighted by Crippen LogP contribution is -2.34. The summed E-state index contributed by atoms with van der Waals surface area (Å²) in [6, 6.07) is 8.50. The van der Waals surface area contributed by atoms with Gasteiger partial charge in [0.1, 0.15) is 5.76 Å². The van der Waals surface area contributed by atoms with Gasteiger partial charge in [-0.15, -0.1) is 0 Å². The Morgan fingerprint density at radius 3 is 2.89 bits per heavy atom. The molecule has 0 radical (unpaired) electrons. The van der Waals surface area contributed by atoms with E-state index in [9.17, 15) is 4.79 Å². The molecule has 0 spiro atoms. The molecule has 100 valence electrons. The third-order valence-electron chi connectivity index (χ3n) is 2.72. The number of hydrogen-bond donors (Lipinski definition) is 2. The van der Waals surface area contributed by atoms with E-state index in [0.717, 1.165) is 5.76 Å². The lowest BCUT2D eigenvalue weighted by Gasteiger charge is -2.13. The molecule has 1 heterocycles. The van der Waals surface area contributed by atoms with Gasteiger partial charge in [0, 0.05) is 18.0 Å². The summed E-state index contributed by atoms with van der Waals surface area (Å²) in [6.45, 7) is 1.92. The molecule has 0 aliphatic rings. The van der Waals surface area contributed by atoms with Gasteiger partial charge in [0.15, 0.2) is 0 Å². The van der Waals surface area contributed by atoms with Crippen molar-refractivity contribution in [2.45, 2.75) is 19.4 Å². The maximum atomic E-state index is 12.0. The van der Waals surface area contributed by atoms with Crippen LogP contribution in [0.15, 0.2) is 41.0 Å². The fourth-order valence-corrected chi connectivity index (χ4v) is 1.89. The molecule has 0 saturated heterocycles. The summed E-state index contributed by atoms with van der Waals surface area (Å²) in [5.74, 6) is 0.658. The molecule has 2 aromatic rings. The lowest BCUT2D eigenvalue weighted by molar-refractivity contribution is 0.0939. The van der Waals surface area contributed by atoms with E-state index < -0.39 is 0 Å². The van der Waals surface area contributed by atoms with Crippen molar-refractivity contribution in [1.82, 2.24) is 5.32 Å². The first-order valence-corrected chi connectivity index (χ1v) is 6.32. The van der Waals surface area contributed by atoms with E-state index in [1.165, 1.54) is 0 Å². The third kappa shape index (κ3) is 3.51. The molecule has 1 unspecified atom stereocenters. The van der Waals surface area contributed by atoms with E-state index in [4.69, 9.17) is 21.8 Å². The molecule has 19 heavy (non-hydrogen) atoms. The zero-order chi connectivity index (χ0) is 13.8. The number of nitrogen functional groups attached to an aromatic ring is 1. The van der Waals surface area contributed by atoms with Gasteiger partial charge in [-0.2, -0.15) is 0 Å². The second-order valence-corrected chi connectivity index (χ2v) is 4.80. The molecule has 0 saturated carbocycles. The Hall–Kier alpha value is -1.94. The van der Waals surface area contributed by atoms with Crippen LogP contribution in [0, 0.1) is 0 Å². The number of carbonyl (C=O) groups is 1. The summed E-state index contributed by atoms with van der Waals surface area (Å²) in [6.07, 6.45) is 2.26. The second kappa shape index (κ2) is 5.80. The van der Waals surface area contributed by atoms with Crippen molar-refractivity contribution in [2.75, 3.05) is 5.73 Å². The van der Waals surface area contributed by atoms with Crippen LogP contribution in [-0.4, -0.2) is 11.9 Å². The molecule has 1 aromatic carbocycles. The predicted molar refractivity (Wildman–Crippen MR) is 75.2 cm³/mol. The summed E-state index contributed by atoms with van der Waals surface area (Å²) in [4.78, 5) is 12.0. The number of hydrogen-bond acceptors (Lipinski definition) is 3. The summed E-state index contributed by atoms with van der Waals surface area (Å²) in [7, 11) is 0. The van der Waals surface area contributed by atoms with Gasteiger partial charge in [0.2, 0.25) is 0 Å². The van der Waals surface area contributed by atoms with Crippen molar-refractivity contribution in [3.63, 3.8) is 0 Å². The molecule has 1 atom stereocenters. The predicted octanol–water partition coefficient (Wildman–Crippen LogP) is 2.88. The first-order chi connectivity index (χ1) is 9.06.